The van der Waals surface area contributed by atoms with Crippen molar-refractivity contribution in [3.05, 3.63) is 29.8 Å². The minimum Gasteiger partial charge on any atom is -0.399 e. The summed E-state index contributed by atoms with van der Waals surface area (Å²) in [4.78, 5) is 34.5. The van der Waals surface area contributed by atoms with Crippen LogP contribution < -0.4 is 11.1 Å². The monoisotopic (exact) mass is 260 g/mol. The number of benzene rings is 1. The van der Waals surface area contributed by atoms with Crippen molar-refractivity contribution in [1.29, 1.82) is 0 Å². The molecule has 1 saturated heterocycles. The third-order valence-corrected chi connectivity index (χ3v) is 3.18. The molecule has 1 aliphatic rings. The van der Waals surface area contributed by atoms with E-state index in [2.05, 4.69) is 5.32 Å². The molecule has 5 heteroatoms. The highest BCUT2D eigenvalue weighted by molar-refractivity contribution is 6.00. The fraction of sp³-hybridized carbons (Fsp3) is 0.357. The minimum atomic E-state index is -0.383. The van der Waals surface area contributed by atoms with Crippen LogP contribution in [0.3, 0.4) is 0 Å². The molecular weight excluding hydrogens is 244 g/mol. The first-order chi connectivity index (χ1) is 9.04. The summed E-state index contributed by atoms with van der Waals surface area (Å²) < 4.78 is 0. The van der Waals surface area contributed by atoms with Crippen LogP contribution in [0.5, 0.6) is 0 Å². The number of rotatable bonds is 4. The fourth-order valence-electron chi connectivity index (χ4n) is 2.21. The Kier molecular flexibility index (Phi) is 3.94. The third kappa shape index (κ3) is 3.64. The Morgan fingerprint density at radius 1 is 1.37 bits per heavy atom. The smallest absolute Gasteiger partial charge is 0.230 e. The van der Waals surface area contributed by atoms with Gasteiger partial charge < -0.3 is 5.73 Å². The number of ketones is 1. The van der Waals surface area contributed by atoms with Gasteiger partial charge in [0.05, 0.1) is 0 Å². The van der Waals surface area contributed by atoms with Gasteiger partial charge in [0.25, 0.3) is 0 Å². The van der Waals surface area contributed by atoms with E-state index in [1.807, 2.05) is 6.07 Å². The van der Waals surface area contributed by atoms with Crippen LogP contribution in [0.4, 0.5) is 5.69 Å². The van der Waals surface area contributed by atoms with Gasteiger partial charge in [-0.1, -0.05) is 12.1 Å². The van der Waals surface area contributed by atoms with E-state index < -0.39 is 0 Å². The molecule has 0 spiro atoms. The van der Waals surface area contributed by atoms with Gasteiger partial charge in [-0.05, 0) is 24.1 Å². The maximum Gasteiger partial charge on any atom is 0.230 e. The number of hydrogen-bond donors (Lipinski definition) is 2. The van der Waals surface area contributed by atoms with Crippen molar-refractivity contribution in [2.24, 2.45) is 5.92 Å². The number of piperidine rings is 1. The van der Waals surface area contributed by atoms with E-state index in [4.69, 9.17) is 5.73 Å². The van der Waals surface area contributed by atoms with E-state index in [0.29, 0.717) is 18.5 Å². The molecule has 1 aromatic carbocycles. The summed E-state index contributed by atoms with van der Waals surface area (Å²) >= 11 is 0. The highest BCUT2D eigenvalue weighted by Crippen LogP contribution is 2.18. The molecule has 19 heavy (non-hydrogen) atoms. The molecule has 5 nitrogen and oxygen atoms in total. The Balaban J connectivity index is 1.91. The molecule has 2 amide bonds. The van der Waals surface area contributed by atoms with Crippen molar-refractivity contribution < 1.29 is 14.4 Å². The van der Waals surface area contributed by atoms with Crippen molar-refractivity contribution >= 4 is 23.3 Å². The van der Waals surface area contributed by atoms with E-state index in [9.17, 15) is 14.4 Å². The fourth-order valence-corrected chi connectivity index (χ4v) is 2.21. The number of carbonyl (C=O) groups excluding carboxylic acids is 3. The molecule has 1 heterocycles. The van der Waals surface area contributed by atoms with Crippen molar-refractivity contribution in [3.8, 4) is 0 Å². The number of Topliss-reactive ketones (excluding diaryl/α,β-unsaturated/α-hetero) is 1. The van der Waals surface area contributed by atoms with E-state index in [1.165, 1.54) is 0 Å². The Labute approximate surface area is 111 Å². The molecule has 3 N–H and O–H groups in total. The number of imide groups is 1. The molecule has 2 rings (SSSR count). The van der Waals surface area contributed by atoms with Crippen molar-refractivity contribution in [2.45, 2.75) is 25.7 Å². The SMILES string of the molecule is Nc1cccc(CC(=O)CC2CCC(=O)NC2=O)c1. The Morgan fingerprint density at radius 3 is 2.84 bits per heavy atom. The molecule has 1 aliphatic heterocycles. The molecule has 100 valence electrons. The maximum atomic E-state index is 11.9. The van der Waals surface area contributed by atoms with Gasteiger partial charge in [-0.3, -0.25) is 19.7 Å². The van der Waals surface area contributed by atoms with Crippen LogP contribution in [0.25, 0.3) is 0 Å². The summed E-state index contributed by atoms with van der Waals surface area (Å²) in [5.74, 6) is -0.993. The summed E-state index contributed by atoms with van der Waals surface area (Å²) in [5, 5.41) is 2.26. The predicted molar refractivity (Wildman–Crippen MR) is 70.1 cm³/mol. The molecule has 1 aromatic rings. The number of carbonyl (C=O) groups is 3. The zero-order valence-electron chi connectivity index (χ0n) is 10.5. The van der Waals surface area contributed by atoms with Gasteiger partial charge in [0, 0.05) is 30.9 Å². The van der Waals surface area contributed by atoms with Gasteiger partial charge in [0.15, 0.2) is 0 Å². The standard InChI is InChI=1S/C14H16N2O3/c15-11-3-1-2-9(6-11)7-12(17)8-10-4-5-13(18)16-14(10)19/h1-3,6,10H,4-5,7-8,15H2,(H,16,18,19). The summed E-state index contributed by atoms with van der Waals surface area (Å²) in [5.41, 5.74) is 7.10. The topological polar surface area (TPSA) is 89.3 Å². The highest BCUT2D eigenvalue weighted by Gasteiger charge is 2.28. The Bertz CT molecular complexity index is 525. The van der Waals surface area contributed by atoms with Crippen LogP contribution in [0.1, 0.15) is 24.8 Å². The predicted octanol–water partition coefficient (Wildman–Crippen LogP) is 0.823. The largest absolute Gasteiger partial charge is 0.399 e. The summed E-state index contributed by atoms with van der Waals surface area (Å²) in [6, 6.07) is 7.14. The van der Waals surface area contributed by atoms with Gasteiger partial charge in [-0.15, -0.1) is 0 Å². The van der Waals surface area contributed by atoms with Crippen LogP contribution in [-0.2, 0) is 20.8 Å². The normalized spacial score (nSPS) is 19.1. The van der Waals surface area contributed by atoms with E-state index in [1.54, 1.807) is 18.2 Å². The van der Waals surface area contributed by atoms with Crippen LogP contribution in [-0.4, -0.2) is 17.6 Å². The van der Waals surface area contributed by atoms with E-state index >= 15 is 0 Å². The number of nitrogens with two attached hydrogens (primary N) is 1. The number of nitrogens with one attached hydrogen (secondary N) is 1. The maximum absolute atomic E-state index is 11.9. The Hall–Kier alpha value is -2.17. The van der Waals surface area contributed by atoms with Gasteiger partial charge in [-0.2, -0.15) is 0 Å². The Morgan fingerprint density at radius 2 is 2.16 bits per heavy atom. The average molecular weight is 260 g/mol. The van der Waals surface area contributed by atoms with Crippen LogP contribution >= 0.6 is 0 Å². The molecule has 0 radical (unpaired) electrons. The average Bonchev–Trinajstić information content (AvgIpc) is 2.33. The van der Waals surface area contributed by atoms with Gasteiger partial charge in [-0.25, -0.2) is 0 Å². The molecule has 1 fully saturated rings. The van der Waals surface area contributed by atoms with Crippen LogP contribution in [0.15, 0.2) is 24.3 Å². The van der Waals surface area contributed by atoms with Gasteiger partial charge in [0.2, 0.25) is 11.8 Å². The quantitative estimate of drug-likeness (QED) is 0.619. The summed E-state index contributed by atoms with van der Waals surface area (Å²) in [6.07, 6.45) is 1.20. The second-order valence-electron chi connectivity index (χ2n) is 4.81. The summed E-state index contributed by atoms with van der Waals surface area (Å²) in [6.45, 7) is 0. The number of nitrogen functional groups attached to an aromatic ring is 1. The molecule has 1 unspecified atom stereocenters. The molecular formula is C14H16N2O3. The lowest BCUT2D eigenvalue weighted by Crippen LogP contribution is -2.41. The highest BCUT2D eigenvalue weighted by atomic mass is 16.2. The second kappa shape index (κ2) is 5.65. The lowest BCUT2D eigenvalue weighted by atomic mass is 9.91. The number of anilines is 1. The lowest BCUT2D eigenvalue weighted by Gasteiger charge is -2.19. The molecule has 0 aromatic heterocycles. The van der Waals surface area contributed by atoms with Crippen LogP contribution in [0.2, 0.25) is 0 Å². The van der Waals surface area contributed by atoms with Gasteiger partial charge in [0.1, 0.15) is 5.78 Å². The first kappa shape index (κ1) is 13.3. The second-order valence-corrected chi connectivity index (χ2v) is 4.81. The zero-order valence-corrected chi connectivity index (χ0v) is 10.5. The molecule has 0 saturated carbocycles. The number of hydrogen-bond acceptors (Lipinski definition) is 4. The number of amides is 2. The minimum absolute atomic E-state index is 0.0138. The van der Waals surface area contributed by atoms with Crippen molar-refractivity contribution in [2.75, 3.05) is 5.73 Å². The van der Waals surface area contributed by atoms with E-state index in [-0.39, 0.29) is 36.4 Å². The van der Waals surface area contributed by atoms with Gasteiger partial charge >= 0.3 is 0 Å². The first-order valence-corrected chi connectivity index (χ1v) is 6.24. The molecule has 0 bridgehead atoms. The van der Waals surface area contributed by atoms with E-state index in [0.717, 1.165) is 5.56 Å². The lowest BCUT2D eigenvalue weighted by molar-refractivity contribution is -0.138. The molecule has 0 aliphatic carbocycles. The van der Waals surface area contributed by atoms with Crippen molar-refractivity contribution in [3.63, 3.8) is 0 Å². The zero-order chi connectivity index (χ0) is 13.8. The molecule has 1 atom stereocenters. The van der Waals surface area contributed by atoms with Crippen LogP contribution in [0, 0.1) is 5.92 Å². The first-order valence-electron chi connectivity index (χ1n) is 6.24. The third-order valence-electron chi connectivity index (χ3n) is 3.18. The van der Waals surface area contributed by atoms with Crippen molar-refractivity contribution in [1.82, 2.24) is 5.32 Å². The summed E-state index contributed by atoms with van der Waals surface area (Å²) in [7, 11) is 0.